The van der Waals surface area contributed by atoms with Gasteiger partial charge >= 0.3 is 0 Å². The lowest BCUT2D eigenvalue weighted by Crippen LogP contribution is -2.48. The zero-order valence-electron chi connectivity index (χ0n) is 14.2. The van der Waals surface area contributed by atoms with E-state index in [1.54, 1.807) is 20.2 Å². The summed E-state index contributed by atoms with van der Waals surface area (Å²) in [5.74, 6) is 0.843. The van der Waals surface area contributed by atoms with Crippen LogP contribution in [0.4, 0.5) is 0 Å². The van der Waals surface area contributed by atoms with Gasteiger partial charge in [0, 0.05) is 25.1 Å². The lowest BCUT2D eigenvalue weighted by molar-refractivity contribution is -0.136. The van der Waals surface area contributed by atoms with E-state index in [9.17, 15) is 9.90 Å². The Hall–Kier alpha value is -2.21. The first kappa shape index (κ1) is 16.6. The van der Waals surface area contributed by atoms with Gasteiger partial charge in [-0.25, -0.2) is 0 Å². The van der Waals surface area contributed by atoms with Crippen molar-refractivity contribution in [3.8, 4) is 5.69 Å². The standard InChI is InChI=1S/C18H24N4O2/c1-18(2,24)15-9-6-12-21(15)17(23)11-10-16-20-19-13-22(16)14-7-4-3-5-8-14/h3-5,7-8,13,15,24H,6,9-12H2,1-2H3. The summed E-state index contributed by atoms with van der Waals surface area (Å²) in [6.45, 7) is 4.27. The predicted molar refractivity (Wildman–Crippen MR) is 90.7 cm³/mol. The molecule has 1 amide bonds. The molecular weight excluding hydrogens is 304 g/mol. The molecule has 0 saturated carbocycles. The van der Waals surface area contributed by atoms with Crippen molar-refractivity contribution < 1.29 is 9.90 Å². The fourth-order valence-corrected chi connectivity index (χ4v) is 3.40. The van der Waals surface area contributed by atoms with E-state index in [1.807, 2.05) is 39.8 Å². The van der Waals surface area contributed by atoms with Crippen LogP contribution in [0.3, 0.4) is 0 Å². The average Bonchev–Trinajstić information content (AvgIpc) is 3.22. The third-order valence-electron chi connectivity index (χ3n) is 4.60. The van der Waals surface area contributed by atoms with Crippen molar-refractivity contribution in [1.29, 1.82) is 0 Å². The number of amides is 1. The van der Waals surface area contributed by atoms with Crippen LogP contribution in [0.1, 0.15) is 38.9 Å². The molecular formula is C18H24N4O2. The van der Waals surface area contributed by atoms with Crippen molar-refractivity contribution >= 4 is 5.91 Å². The Labute approximate surface area is 142 Å². The zero-order valence-corrected chi connectivity index (χ0v) is 14.2. The Kier molecular flexibility index (Phi) is 4.66. The highest BCUT2D eigenvalue weighted by molar-refractivity contribution is 5.77. The number of aryl methyl sites for hydroxylation is 1. The summed E-state index contributed by atoms with van der Waals surface area (Å²) in [5, 5.41) is 18.4. The predicted octanol–water partition coefficient (Wildman–Crippen LogP) is 1.96. The van der Waals surface area contributed by atoms with Gasteiger partial charge < -0.3 is 10.0 Å². The maximum absolute atomic E-state index is 12.6. The minimum absolute atomic E-state index is 0.0715. The number of aromatic nitrogens is 3. The van der Waals surface area contributed by atoms with E-state index in [0.29, 0.717) is 12.8 Å². The molecule has 0 bridgehead atoms. The van der Waals surface area contributed by atoms with Gasteiger partial charge in [0.05, 0.1) is 11.6 Å². The molecule has 2 aromatic rings. The molecule has 1 unspecified atom stereocenters. The van der Waals surface area contributed by atoms with Crippen LogP contribution in [0.15, 0.2) is 36.7 Å². The highest BCUT2D eigenvalue weighted by Crippen LogP contribution is 2.27. The van der Waals surface area contributed by atoms with Gasteiger partial charge in [0.1, 0.15) is 12.2 Å². The number of benzene rings is 1. The summed E-state index contributed by atoms with van der Waals surface area (Å²) in [5.41, 5.74) is 0.122. The largest absolute Gasteiger partial charge is 0.388 e. The van der Waals surface area contributed by atoms with Crippen molar-refractivity contribution in [1.82, 2.24) is 19.7 Å². The third kappa shape index (κ3) is 3.48. The van der Waals surface area contributed by atoms with E-state index in [0.717, 1.165) is 30.9 Å². The van der Waals surface area contributed by atoms with Gasteiger partial charge in [0.25, 0.3) is 0 Å². The molecule has 1 fully saturated rings. The molecule has 1 aromatic carbocycles. The normalized spacial score (nSPS) is 18.1. The highest BCUT2D eigenvalue weighted by atomic mass is 16.3. The number of hydrogen-bond donors (Lipinski definition) is 1. The van der Waals surface area contributed by atoms with Gasteiger partial charge in [-0.15, -0.1) is 10.2 Å². The minimum atomic E-state index is -0.865. The first-order chi connectivity index (χ1) is 11.5. The second-order valence-electron chi connectivity index (χ2n) is 6.85. The second kappa shape index (κ2) is 6.73. The van der Waals surface area contributed by atoms with Crippen LogP contribution in [-0.4, -0.2) is 48.9 Å². The van der Waals surface area contributed by atoms with Crippen molar-refractivity contribution in [3.63, 3.8) is 0 Å². The monoisotopic (exact) mass is 328 g/mol. The first-order valence-corrected chi connectivity index (χ1v) is 8.43. The third-order valence-corrected chi connectivity index (χ3v) is 4.60. The molecule has 3 rings (SSSR count). The maximum atomic E-state index is 12.6. The fourth-order valence-electron chi connectivity index (χ4n) is 3.40. The van der Waals surface area contributed by atoms with Gasteiger partial charge in [-0.05, 0) is 38.8 Å². The van der Waals surface area contributed by atoms with E-state index in [-0.39, 0.29) is 11.9 Å². The molecule has 0 radical (unpaired) electrons. The molecule has 128 valence electrons. The Morgan fingerprint density at radius 1 is 1.33 bits per heavy atom. The molecule has 1 N–H and O–H groups in total. The Morgan fingerprint density at radius 3 is 2.79 bits per heavy atom. The van der Waals surface area contributed by atoms with Gasteiger partial charge in [-0.3, -0.25) is 9.36 Å². The van der Waals surface area contributed by atoms with E-state index in [4.69, 9.17) is 0 Å². The number of carbonyl (C=O) groups is 1. The molecule has 1 saturated heterocycles. The van der Waals surface area contributed by atoms with Crippen LogP contribution in [0.2, 0.25) is 0 Å². The average molecular weight is 328 g/mol. The Bertz CT molecular complexity index is 691. The number of carbonyl (C=O) groups excluding carboxylic acids is 1. The number of likely N-dealkylation sites (tertiary alicyclic amines) is 1. The van der Waals surface area contributed by atoms with Crippen LogP contribution < -0.4 is 0 Å². The summed E-state index contributed by atoms with van der Waals surface area (Å²) < 4.78 is 1.91. The van der Waals surface area contributed by atoms with Crippen molar-refractivity contribution in [2.24, 2.45) is 0 Å². The molecule has 1 aliphatic rings. The number of hydrogen-bond acceptors (Lipinski definition) is 4. The molecule has 1 atom stereocenters. The summed E-state index contributed by atoms with van der Waals surface area (Å²) in [6.07, 6.45) is 4.38. The molecule has 1 aliphatic heterocycles. The van der Waals surface area contributed by atoms with E-state index >= 15 is 0 Å². The Morgan fingerprint density at radius 2 is 2.08 bits per heavy atom. The van der Waals surface area contributed by atoms with E-state index in [2.05, 4.69) is 10.2 Å². The smallest absolute Gasteiger partial charge is 0.223 e. The number of nitrogens with zero attached hydrogens (tertiary/aromatic N) is 4. The lowest BCUT2D eigenvalue weighted by Gasteiger charge is -2.33. The van der Waals surface area contributed by atoms with Crippen LogP contribution in [0.5, 0.6) is 0 Å². The molecule has 6 nitrogen and oxygen atoms in total. The molecule has 2 heterocycles. The van der Waals surface area contributed by atoms with Gasteiger partial charge in [0.2, 0.25) is 5.91 Å². The quantitative estimate of drug-likeness (QED) is 0.911. The Balaban J connectivity index is 1.67. The minimum Gasteiger partial charge on any atom is -0.388 e. The summed E-state index contributed by atoms with van der Waals surface area (Å²) in [4.78, 5) is 14.4. The van der Waals surface area contributed by atoms with E-state index in [1.165, 1.54) is 0 Å². The van der Waals surface area contributed by atoms with Crippen LogP contribution >= 0.6 is 0 Å². The maximum Gasteiger partial charge on any atom is 0.223 e. The molecule has 0 aliphatic carbocycles. The molecule has 6 heteroatoms. The van der Waals surface area contributed by atoms with E-state index < -0.39 is 5.60 Å². The summed E-state index contributed by atoms with van der Waals surface area (Å²) >= 11 is 0. The van der Waals surface area contributed by atoms with Gasteiger partial charge in [-0.1, -0.05) is 18.2 Å². The molecule has 24 heavy (non-hydrogen) atoms. The van der Waals surface area contributed by atoms with Crippen LogP contribution in [-0.2, 0) is 11.2 Å². The van der Waals surface area contributed by atoms with Crippen molar-refractivity contribution in [3.05, 3.63) is 42.5 Å². The fraction of sp³-hybridized carbons (Fsp3) is 0.500. The highest BCUT2D eigenvalue weighted by Gasteiger charge is 2.38. The number of rotatable bonds is 5. The number of para-hydroxylation sites is 1. The van der Waals surface area contributed by atoms with Gasteiger partial charge in [0.15, 0.2) is 0 Å². The number of aliphatic hydroxyl groups is 1. The van der Waals surface area contributed by atoms with Crippen LogP contribution in [0.25, 0.3) is 5.69 Å². The summed E-state index contributed by atoms with van der Waals surface area (Å²) in [6, 6.07) is 9.75. The van der Waals surface area contributed by atoms with Crippen molar-refractivity contribution in [2.75, 3.05) is 6.54 Å². The molecule has 0 spiro atoms. The second-order valence-corrected chi connectivity index (χ2v) is 6.85. The first-order valence-electron chi connectivity index (χ1n) is 8.43. The molecule has 1 aromatic heterocycles. The SMILES string of the molecule is CC(C)(O)C1CCCN1C(=O)CCc1nncn1-c1ccccc1. The lowest BCUT2D eigenvalue weighted by atomic mass is 9.96. The summed E-state index contributed by atoms with van der Waals surface area (Å²) in [7, 11) is 0. The van der Waals surface area contributed by atoms with Crippen LogP contribution in [0, 0.1) is 0 Å². The topological polar surface area (TPSA) is 71.2 Å². The van der Waals surface area contributed by atoms with Gasteiger partial charge in [-0.2, -0.15) is 0 Å². The van der Waals surface area contributed by atoms with Crippen molar-refractivity contribution in [2.45, 2.75) is 51.2 Å². The zero-order chi connectivity index (χ0) is 17.2.